The monoisotopic (exact) mass is 325 g/mol. The van der Waals surface area contributed by atoms with Crippen molar-refractivity contribution in [2.45, 2.75) is 4.90 Å². The number of nitrogen functional groups attached to an aromatic ring is 1. The van der Waals surface area contributed by atoms with Crippen molar-refractivity contribution < 1.29 is 13.2 Å². The van der Waals surface area contributed by atoms with E-state index in [2.05, 4.69) is 5.32 Å². The molecule has 0 fully saturated rings. The van der Waals surface area contributed by atoms with Crippen molar-refractivity contribution >= 4 is 38.9 Å². The molecule has 2 rings (SSSR count). The van der Waals surface area contributed by atoms with Crippen LogP contribution in [0.3, 0.4) is 0 Å². The normalized spacial score (nSPS) is 11.1. The van der Waals surface area contributed by atoms with Crippen molar-refractivity contribution in [1.29, 1.82) is 0 Å². The molecule has 5 N–H and O–H groups in total. The minimum Gasteiger partial charge on any atom is -0.398 e. The number of hydrogen-bond acceptors (Lipinski definition) is 4. The Bertz CT molecular complexity index is 806. The number of benzene rings is 2. The Morgan fingerprint density at radius 1 is 1.14 bits per heavy atom. The average molecular weight is 326 g/mol. The average Bonchev–Trinajstić information content (AvgIpc) is 2.37. The van der Waals surface area contributed by atoms with Gasteiger partial charge in [-0.3, -0.25) is 4.79 Å². The molecule has 6 nitrogen and oxygen atoms in total. The van der Waals surface area contributed by atoms with Crippen molar-refractivity contribution in [1.82, 2.24) is 0 Å². The van der Waals surface area contributed by atoms with Gasteiger partial charge in [0.15, 0.2) is 0 Å². The largest absolute Gasteiger partial charge is 0.398 e. The Labute approximate surface area is 126 Å². The molecule has 2 aromatic rings. The summed E-state index contributed by atoms with van der Waals surface area (Å²) in [5.41, 5.74) is 6.47. The van der Waals surface area contributed by atoms with Crippen LogP contribution >= 0.6 is 11.6 Å². The molecule has 21 heavy (non-hydrogen) atoms. The minimum atomic E-state index is -3.83. The first-order valence-electron chi connectivity index (χ1n) is 5.76. The van der Waals surface area contributed by atoms with E-state index in [1.807, 2.05) is 0 Å². The van der Waals surface area contributed by atoms with Gasteiger partial charge in [-0.15, -0.1) is 0 Å². The fourth-order valence-electron chi connectivity index (χ4n) is 1.69. The molecular formula is C13H12ClN3O3S. The van der Waals surface area contributed by atoms with E-state index < -0.39 is 15.9 Å². The second-order valence-corrected chi connectivity index (χ2v) is 6.26. The van der Waals surface area contributed by atoms with Crippen LogP contribution in [-0.4, -0.2) is 14.3 Å². The lowest BCUT2D eigenvalue weighted by Gasteiger charge is -2.08. The zero-order chi connectivity index (χ0) is 15.6. The highest BCUT2D eigenvalue weighted by Gasteiger charge is 2.12. The minimum absolute atomic E-state index is 0.0932. The number of rotatable bonds is 3. The molecule has 0 heterocycles. The molecule has 0 unspecified atom stereocenters. The first-order chi connectivity index (χ1) is 9.77. The highest BCUT2D eigenvalue weighted by atomic mass is 35.5. The maximum atomic E-state index is 12.1. The number of halogens is 1. The predicted molar refractivity (Wildman–Crippen MR) is 81.6 cm³/mol. The lowest BCUT2D eigenvalue weighted by molar-refractivity contribution is 0.102. The number of carbonyl (C=O) groups excluding carboxylic acids is 1. The Kier molecular flexibility index (Phi) is 4.17. The quantitative estimate of drug-likeness (QED) is 0.746. The Balaban J connectivity index is 2.28. The molecule has 0 radical (unpaired) electrons. The smallest absolute Gasteiger partial charge is 0.257 e. The van der Waals surface area contributed by atoms with Crippen molar-refractivity contribution in [2.75, 3.05) is 11.1 Å². The molecule has 0 aromatic heterocycles. The van der Waals surface area contributed by atoms with Gasteiger partial charge in [0.05, 0.1) is 10.5 Å². The fraction of sp³-hybridized carbons (Fsp3) is 0. The number of anilines is 2. The predicted octanol–water partition coefficient (Wildman–Crippen LogP) is 1.82. The lowest BCUT2D eigenvalue weighted by Crippen LogP contribution is -2.15. The zero-order valence-corrected chi connectivity index (χ0v) is 12.3. The van der Waals surface area contributed by atoms with Gasteiger partial charge in [-0.05, 0) is 36.4 Å². The summed E-state index contributed by atoms with van der Waals surface area (Å²) in [7, 11) is -3.83. The number of nitrogens with two attached hydrogens (primary N) is 2. The number of sulfonamides is 1. The molecule has 8 heteroatoms. The number of amides is 1. The first kappa shape index (κ1) is 15.3. The standard InChI is InChI=1S/C13H12ClN3O3S/c14-8-4-5-11(12(15)6-8)13(18)17-9-2-1-3-10(7-9)21(16,19)20/h1-7H,15H2,(H,17,18)(H2,16,19,20). The van der Waals surface area contributed by atoms with E-state index in [-0.39, 0.29) is 16.1 Å². The van der Waals surface area contributed by atoms with Gasteiger partial charge in [0.1, 0.15) is 0 Å². The SMILES string of the molecule is Nc1cc(Cl)ccc1C(=O)Nc1cccc(S(N)(=O)=O)c1. The van der Waals surface area contributed by atoms with Crippen LogP contribution in [0.4, 0.5) is 11.4 Å². The summed E-state index contributed by atoms with van der Waals surface area (Å²) in [4.78, 5) is 12.0. The maximum absolute atomic E-state index is 12.1. The van der Waals surface area contributed by atoms with Gasteiger partial charge >= 0.3 is 0 Å². The highest BCUT2D eigenvalue weighted by Crippen LogP contribution is 2.20. The van der Waals surface area contributed by atoms with Crippen LogP contribution in [-0.2, 0) is 10.0 Å². The zero-order valence-electron chi connectivity index (χ0n) is 10.7. The molecule has 0 saturated carbocycles. The van der Waals surface area contributed by atoms with Gasteiger partial charge in [-0.25, -0.2) is 13.6 Å². The van der Waals surface area contributed by atoms with Gasteiger partial charge in [-0.1, -0.05) is 17.7 Å². The number of carbonyl (C=O) groups is 1. The van der Waals surface area contributed by atoms with E-state index >= 15 is 0 Å². The Hall–Kier alpha value is -2.09. The number of hydrogen-bond donors (Lipinski definition) is 3. The van der Waals surface area contributed by atoms with E-state index in [9.17, 15) is 13.2 Å². The second-order valence-electron chi connectivity index (χ2n) is 4.26. The summed E-state index contributed by atoms with van der Waals surface area (Å²) in [6, 6.07) is 10.1. The summed E-state index contributed by atoms with van der Waals surface area (Å²) in [6.45, 7) is 0. The van der Waals surface area contributed by atoms with E-state index in [0.717, 1.165) is 0 Å². The van der Waals surface area contributed by atoms with E-state index in [4.69, 9.17) is 22.5 Å². The molecule has 2 aromatic carbocycles. The van der Waals surface area contributed by atoms with E-state index in [1.54, 1.807) is 6.07 Å². The van der Waals surface area contributed by atoms with E-state index in [1.165, 1.54) is 36.4 Å². The van der Waals surface area contributed by atoms with Crippen LogP contribution < -0.4 is 16.2 Å². The van der Waals surface area contributed by atoms with Crippen molar-refractivity contribution in [3.63, 3.8) is 0 Å². The van der Waals surface area contributed by atoms with E-state index in [0.29, 0.717) is 10.7 Å². The maximum Gasteiger partial charge on any atom is 0.257 e. The van der Waals surface area contributed by atoms with Gasteiger partial charge in [0, 0.05) is 16.4 Å². The van der Waals surface area contributed by atoms with Crippen molar-refractivity contribution in [3.8, 4) is 0 Å². The third-order valence-corrected chi connectivity index (χ3v) is 3.82. The van der Waals surface area contributed by atoms with Crippen LogP contribution in [0.2, 0.25) is 5.02 Å². The lowest BCUT2D eigenvalue weighted by atomic mass is 10.1. The van der Waals surface area contributed by atoms with Gasteiger partial charge in [0.25, 0.3) is 5.91 Å². The third-order valence-electron chi connectivity index (χ3n) is 2.68. The number of primary sulfonamides is 1. The molecule has 110 valence electrons. The number of nitrogens with one attached hydrogen (secondary N) is 1. The van der Waals surface area contributed by atoms with Crippen LogP contribution in [0.15, 0.2) is 47.4 Å². The summed E-state index contributed by atoms with van der Waals surface area (Å²) < 4.78 is 22.5. The van der Waals surface area contributed by atoms with Gasteiger partial charge in [-0.2, -0.15) is 0 Å². The molecule has 0 aliphatic carbocycles. The molecular weight excluding hydrogens is 314 g/mol. The molecule has 1 amide bonds. The van der Waals surface area contributed by atoms with Crippen molar-refractivity contribution in [2.24, 2.45) is 5.14 Å². The third kappa shape index (κ3) is 3.72. The molecule has 0 atom stereocenters. The van der Waals surface area contributed by atoms with Crippen LogP contribution in [0.1, 0.15) is 10.4 Å². The van der Waals surface area contributed by atoms with Gasteiger partial charge < -0.3 is 11.1 Å². The summed E-state index contributed by atoms with van der Waals surface area (Å²) in [5.74, 6) is -0.476. The Morgan fingerprint density at radius 3 is 2.48 bits per heavy atom. The van der Waals surface area contributed by atoms with Crippen LogP contribution in [0.25, 0.3) is 0 Å². The molecule has 0 spiro atoms. The topological polar surface area (TPSA) is 115 Å². The molecule has 0 aliphatic rings. The Morgan fingerprint density at radius 2 is 1.86 bits per heavy atom. The molecule has 0 aliphatic heterocycles. The summed E-state index contributed by atoms with van der Waals surface area (Å²) in [6.07, 6.45) is 0. The first-order valence-corrected chi connectivity index (χ1v) is 7.69. The highest BCUT2D eigenvalue weighted by molar-refractivity contribution is 7.89. The van der Waals surface area contributed by atoms with Crippen molar-refractivity contribution in [3.05, 3.63) is 53.1 Å². The van der Waals surface area contributed by atoms with Crippen LogP contribution in [0, 0.1) is 0 Å². The van der Waals surface area contributed by atoms with Crippen LogP contribution in [0.5, 0.6) is 0 Å². The fourth-order valence-corrected chi connectivity index (χ4v) is 2.43. The molecule has 0 bridgehead atoms. The summed E-state index contributed by atoms with van der Waals surface area (Å²) in [5, 5.41) is 8.00. The molecule has 0 saturated heterocycles. The summed E-state index contributed by atoms with van der Waals surface area (Å²) >= 11 is 5.76. The second kappa shape index (κ2) is 5.72. The van der Waals surface area contributed by atoms with Gasteiger partial charge in [0.2, 0.25) is 10.0 Å².